The Morgan fingerprint density at radius 2 is 1.63 bits per heavy atom. The summed E-state index contributed by atoms with van der Waals surface area (Å²) in [6, 6.07) is 23.0. The SMILES string of the molecule is O=C(NC1CCN(Cc2ccccc2)CC1)c1sccc1-c1ccccc1. The second-order valence-electron chi connectivity index (χ2n) is 7.04. The molecule has 0 radical (unpaired) electrons. The van der Waals surface area contributed by atoms with Gasteiger partial charge in [0.2, 0.25) is 0 Å². The molecule has 0 bridgehead atoms. The zero-order chi connectivity index (χ0) is 18.5. The van der Waals surface area contributed by atoms with Crippen LogP contribution in [-0.2, 0) is 6.54 Å². The third kappa shape index (κ3) is 4.46. The monoisotopic (exact) mass is 376 g/mol. The molecule has 3 nitrogen and oxygen atoms in total. The van der Waals surface area contributed by atoms with Gasteiger partial charge in [-0.25, -0.2) is 0 Å². The molecule has 1 aliphatic heterocycles. The average Bonchev–Trinajstić information content (AvgIpc) is 3.21. The number of nitrogens with zero attached hydrogens (tertiary/aromatic N) is 1. The third-order valence-electron chi connectivity index (χ3n) is 5.13. The molecule has 1 saturated heterocycles. The highest BCUT2D eigenvalue weighted by Gasteiger charge is 2.23. The summed E-state index contributed by atoms with van der Waals surface area (Å²) in [5, 5.41) is 5.26. The van der Waals surface area contributed by atoms with Crippen LogP contribution in [0.25, 0.3) is 11.1 Å². The van der Waals surface area contributed by atoms with Gasteiger partial charge in [-0.3, -0.25) is 9.69 Å². The van der Waals surface area contributed by atoms with E-state index in [9.17, 15) is 4.79 Å². The molecule has 138 valence electrons. The van der Waals surface area contributed by atoms with E-state index in [0.717, 1.165) is 48.5 Å². The summed E-state index contributed by atoms with van der Waals surface area (Å²) in [5.74, 6) is 0.0605. The van der Waals surface area contributed by atoms with Crippen LogP contribution in [0.4, 0.5) is 0 Å². The van der Waals surface area contributed by atoms with Crippen molar-refractivity contribution in [3.05, 3.63) is 82.6 Å². The van der Waals surface area contributed by atoms with Crippen LogP contribution in [0.15, 0.2) is 72.1 Å². The highest BCUT2D eigenvalue weighted by atomic mass is 32.1. The van der Waals surface area contributed by atoms with Crippen molar-refractivity contribution < 1.29 is 4.79 Å². The molecular formula is C23H24N2OS. The molecule has 0 unspecified atom stereocenters. The summed E-state index contributed by atoms with van der Waals surface area (Å²) in [7, 11) is 0. The first-order valence-electron chi connectivity index (χ1n) is 9.49. The fourth-order valence-electron chi connectivity index (χ4n) is 3.66. The van der Waals surface area contributed by atoms with Gasteiger partial charge in [0.1, 0.15) is 0 Å². The van der Waals surface area contributed by atoms with E-state index in [4.69, 9.17) is 0 Å². The second-order valence-corrected chi connectivity index (χ2v) is 7.96. The molecule has 3 aromatic rings. The van der Waals surface area contributed by atoms with Gasteiger partial charge in [0.15, 0.2) is 0 Å². The lowest BCUT2D eigenvalue weighted by Gasteiger charge is -2.32. The number of hydrogen-bond acceptors (Lipinski definition) is 3. The minimum absolute atomic E-state index is 0.0605. The number of rotatable bonds is 5. The number of benzene rings is 2. The highest BCUT2D eigenvalue weighted by molar-refractivity contribution is 7.12. The van der Waals surface area contributed by atoms with E-state index in [2.05, 4.69) is 52.7 Å². The van der Waals surface area contributed by atoms with E-state index in [0.29, 0.717) is 0 Å². The third-order valence-corrected chi connectivity index (χ3v) is 6.04. The lowest BCUT2D eigenvalue weighted by molar-refractivity contribution is 0.0913. The largest absolute Gasteiger partial charge is 0.348 e. The molecule has 2 heterocycles. The minimum Gasteiger partial charge on any atom is -0.348 e. The smallest absolute Gasteiger partial charge is 0.262 e. The van der Waals surface area contributed by atoms with Crippen LogP contribution in [0.3, 0.4) is 0 Å². The molecule has 4 rings (SSSR count). The van der Waals surface area contributed by atoms with E-state index in [-0.39, 0.29) is 11.9 Å². The predicted octanol–water partition coefficient (Wildman–Crippen LogP) is 4.81. The second kappa shape index (κ2) is 8.51. The minimum atomic E-state index is 0.0605. The van der Waals surface area contributed by atoms with Gasteiger partial charge in [0.05, 0.1) is 4.88 Å². The summed E-state index contributed by atoms with van der Waals surface area (Å²) in [6.07, 6.45) is 2.01. The van der Waals surface area contributed by atoms with E-state index in [1.165, 1.54) is 16.9 Å². The Balaban J connectivity index is 1.33. The Kier molecular flexibility index (Phi) is 5.66. The lowest BCUT2D eigenvalue weighted by Crippen LogP contribution is -2.44. The highest BCUT2D eigenvalue weighted by Crippen LogP contribution is 2.28. The number of hydrogen-bond donors (Lipinski definition) is 1. The van der Waals surface area contributed by atoms with Crippen LogP contribution in [0.5, 0.6) is 0 Å². The molecular weight excluding hydrogens is 352 g/mol. The number of likely N-dealkylation sites (tertiary alicyclic amines) is 1. The Morgan fingerprint density at radius 3 is 2.33 bits per heavy atom. The van der Waals surface area contributed by atoms with Crippen molar-refractivity contribution in [1.29, 1.82) is 0 Å². The number of amides is 1. The Labute approximate surface area is 164 Å². The summed E-state index contributed by atoms with van der Waals surface area (Å²) >= 11 is 1.52. The molecule has 4 heteroatoms. The normalized spacial score (nSPS) is 15.6. The van der Waals surface area contributed by atoms with Gasteiger partial charge in [-0.2, -0.15) is 0 Å². The summed E-state index contributed by atoms with van der Waals surface area (Å²) in [5.41, 5.74) is 3.48. The molecule has 1 fully saturated rings. The maximum absolute atomic E-state index is 12.8. The van der Waals surface area contributed by atoms with Gasteiger partial charge in [-0.05, 0) is 35.4 Å². The number of nitrogens with one attached hydrogen (secondary N) is 1. The van der Waals surface area contributed by atoms with Gasteiger partial charge in [0.25, 0.3) is 5.91 Å². The summed E-state index contributed by atoms with van der Waals surface area (Å²) in [4.78, 5) is 16.1. The molecule has 0 atom stereocenters. The van der Waals surface area contributed by atoms with Crippen molar-refractivity contribution in [3.8, 4) is 11.1 Å². The maximum atomic E-state index is 12.8. The molecule has 1 N–H and O–H groups in total. The Morgan fingerprint density at radius 1 is 0.963 bits per heavy atom. The molecule has 1 aliphatic rings. The van der Waals surface area contributed by atoms with E-state index in [1.807, 2.05) is 29.6 Å². The van der Waals surface area contributed by atoms with Crippen molar-refractivity contribution in [2.75, 3.05) is 13.1 Å². The topological polar surface area (TPSA) is 32.3 Å². The molecule has 0 saturated carbocycles. The van der Waals surface area contributed by atoms with E-state index in [1.54, 1.807) is 0 Å². The number of carbonyl (C=O) groups excluding carboxylic acids is 1. The maximum Gasteiger partial charge on any atom is 0.262 e. The van der Waals surface area contributed by atoms with E-state index >= 15 is 0 Å². The van der Waals surface area contributed by atoms with Crippen molar-refractivity contribution in [3.63, 3.8) is 0 Å². The van der Waals surface area contributed by atoms with Gasteiger partial charge < -0.3 is 5.32 Å². The molecule has 27 heavy (non-hydrogen) atoms. The Hall–Kier alpha value is -2.43. The van der Waals surface area contributed by atoms with Crippen molar-refractivity contribution in [2.24, 2.45) is 0 Å². The van der Waals surface area contributed by atoms with Gasteiger partial charge in [-0.1, -0.05) is 60.7 Å². The molecule has 2 aromatic carbocycles. The quantitative estimate of drug-likeness (QED) is 0.693. The molecule has 1 amide bonds. The van der Waals surface area contributed by atoms with Gasteiger partial charge >= 0.3 is 0 Å². The van der Waals surface area contributed by atoms with Crippen LogP contribution in [0, 0.1) is 0 Å². The fraction of sp³-hybridized carbons (Fsp3) is 0.261. The first-order chi connectivity index (χ1) is 13.3. The fourth-order valence-corrected chi connectivity index (χ4v) is 4.48. The summed E-state index contributed by atoms with van der Waals surface area (Å²) < 4.78 is 0. The molecule has 1 aromatic heterocycles. The van der Waals surface area contributed by atoms with Crippen LogP contribution >= 0.6 is 11.3 Å². The Bertz CT molecular complexity index is 868. The number of thiophene rings is 1. The molecule has 0 aliphatic carbocycles. The standard InChI is InChI=1S/C23H24N2OS/c26-23(22-21(13-16-27-22)19-9-5-2-6-10-19)24-20-11-14-25(15-12-20)17-18-7-3-1-4-8-18/h1-10,13,16,20H,11-12,14-15,17H2,(H,24,26). The average molecular weight is 377 g/mol. The van der Waals surface area contributed by atoms with Crippen molar-refractivity contribution in [2.45, 2.75) is 25.4 Å². The lowest BCUT2D eigenvalue weighted by atomic mass is 10.0. The van der Waals surface area contributed by atoms with Crippen LogP contribution in [-0.4, -0.2) is 29.9 Å². The van der Waals surface area contributed by atoms with E-state index < -0.39 is 0 Å². The van der Waals surface area contributed by atoms with Crippen molar-refractivity contribution >= 4 is 17.2 Å². The number of carbonyl (C=O) groups is 1. The first kappa shape index (κ1) is 18.0. The van der Waals surface area contributed by atoms with Gasteiger partial charge in [0, 0.05) is 31.2 Å². The van der Waals surface area contributed by atoms with Gasteiger partial charge in [-0.15, -0.1) is 11.3 Å². The number of piperidine rings is 1. The van der Waals surface area contributed by atoms with Crippen LogP contribution in [0.1, 0.15) is 28.1 Å². The van der Waals surface area contributed by atoms with Crippen LogP contribution < -0.4 is 5.32 Å². The summed E-state index contributed by atoms with van der Waals surface area (Å²) in [6.45, 7) is 3.04. The predicted molar refractivity (Wildman–Crippen MR) is 112 cm³/mol. The zero-order valence-electron chi connectivity index (χ0n) is 15.3. The zero-order valence-corrected chi connectivity index (χ0v) is 16.1. The van der Waals surface area contributed by atoms with Crippen LogP contribution in [0.2, 0.25) is 0 Å². The van der Waals surface area contributed by atoms with Crippen molar-refractivity contribution in [1.82, 2.24) is 10.2 Å². The first-order valence-corrected chi connectivity index (χ1v) is 10.4. The molecule has 0 spiro atoms.